The highest BCUT2D eigenvalue weighted by Gasteiger charge is 2.05. The van der Waals surface area contributed by atoms with Gasteiger partial charge >= 0.3 is 0 Å². The van der Waals surface area contributed by atoms with Crippen molar-refractivity contribution in [3.8, 4) is 0 Å². The van der Waals surface area contributed by atoms with Gasteiger partial charge in [-0.1, -0.05) is 0 Å². The van der Waals surface area contributed by atoms with E-state index >= 15 is 0 Å². The Kier molecular flexibility index (Phi) is 1.73. The van der Waals surface area contributed by atoms with Crippen LogP contribution < -0.4 is 11.2 Å². The molecule has 6 heteroatoms. The summed E-state index contributed by atoms with van der Waals surface area (Å²) < 4.78 is 1.73. The molecule has 0 aromatic carbocycles. The molecule has 0 unspecified atom stereocenters. The van der Waals surface area contributed by atoms with Gasteiger partial charge in [0, 0.05) is 6.54 Å². The minimum absolute atomic E-state index is 0.404. The first-order valence-electron chi connectivity index (χ1n) is 4.00. The summed E-state index contributed by atoms with van der Waals surface area (Å²) in [6, 6.07) is 0. The first-order chi connectivity index (χ1) is 6.33. The van der Waals surface area contributed by atoms with Crippen LogP contribution in [-0.2, 0) is 0 Å². The minimum atomic E-state index is 0.404. The molecule has 0 aliphatic carbocycles. The molecule has 0 radical (unpaired) electrons. The van der Waals surface area contributed by atoms with E-state index in [1.165, 1.54) is 6.33 Å². The highest BCUT2D eigenvalue weighted by atomic mass is 15.4. The van der Waals surface area contributed by atoms with Crippen molar-refractivity contribution < 1.29 is 0 Å². The van der Waals surface area contributed by atoms with Gasteiger partial charge in [0.2, 0.25) is 0 Å². The van der Waals surface area contributed by atoms with Crippen LogP contribution in [0.4, 0.5) is 5.82 Å². The van der Waals surface area contributed by atoms with Crippen LogP contribution in [0.25, 0.3) is 11.2 Å². The summed E-state index contributed by atoms with van der Waals surface area (Å²) in [5.41, 5.74) is 10.0. The fraction of sp³-hybridized carbons (Fsp3) is 0.286. The maximum Gasteiger partial charge on any atom is 0.184 e. The SMILES string of the molecule is CCNn1cnc2c(N)ncnc21. The van der Waals surface area contributed by atoms with Crippen LogP contribution >= 0.6 is 0 Å². The molecule has 0 bridgehead atoms. The van der Waals surface area contributed by atoms with Gasteiger partial charge in [-0.25, -0.2) is 19.6 Å². The summed E-state index contributed by atoms with van der Waals surface area (Å²) >= 11 is 0. The average molecular weight is 178 g/mol. The number of anilines is 1. The molecule has 0 amide bonds. The molecular weight excluding hydrogens is 168 g/mol. The number of nitrogens with one attached hydrogen (secondary N) is 1. The number of nitrogens with zero attached hydrogens (tertiary/aromatic N) is 4. The van der Waals surface area contributed by atoms with Crippen LogP contribution in [-0.4, -0.2) is 26.2 Å². The Morgan fingerprint density at radius 3 is 3.08 bits per heavy atom. The van der Waals surface area contributed by atoms with Gasteiger partial charge in [-0.2, -0.15) is 0 Å². The minimum Gasteiger partial charge on any atom is -0.382 e. The van der Waals surface area contributed by atoms with Crippen molar-refractivity contribution in [2.75, 3.05) is 17.7 Å². The number of rotatable bonds is 2. The lowest BCUT2D eigenvalue weighted by Crippen LogP contribution is -2.13. The molecule has 0 aliphatic heterocycles. The van der Waals surface area contributed by atoms with Crippen LogP contribution in [0.15, 0.2) is 12.7 Å². The monoisotopic (exact) mass is 178 g/mol. The molecule has 6 nitrogen and oxygen atoms in total. The van der Waals surface area contributed by atoms with E-state index in [4.69, 9.17) is 5.73 Å². The summed E-state index contributed by atoms with van der Waals surface area (Å²) in [7, 11) is 0. The Morgan fingerprint density at radius 2 is 2.31 bits per heavy atom. The van der Waals surface area contributed by atoms with Gasteiger partial charge in [0.1, 0.15) is 12.7 Å². The third kappa shape index (κ3) is 1.16. The Hall–Kier alpha value is -1.85. The van der Waals surface area contributed by atoms with Crippen molar-refractivity contribution in [3.63, 3.8) is 0 Å². The summed E-state index contributed by atoms with van der Waals surface area (Å²) in [5.74, 6) is 0.404. The normalized spacial score (nSPS) is 10.5. The molecule has 2 rings (SSSR count). The molecule has 0 aliphatic rings. The molecule has 3 N–H and O–H groups in total. The molecule has 0 saturated heterocycles. The molecule has 0 fully saturated rings. The topological polar surface area (TPSA) is 81.7 Å². The van der Waals surface area contributed by atoms with Gasteiger partial charge in [0.05, 0.1) is 0 Å². The molecule has 2 aromatic rings. The third-order valence-corrected chi connectivity index (χ3v) is 1.69. The van der Waals surface area contributed by atoms with Gasteiger partial charge < -0.3 is 11.2 Å². The Balaban J connectivity index is 2.61. The standard InChI is InChI=1S/C7H10N6/c1-2-12-13-4-11-5-6(8)9-3-10-7(5)13/h3-4,12H,2H2,1H3,(H2,8,9,10). The van der Waals surface area contributed by atoms with Gasteiger partial charge in [-0.05, 0) is 6.92 Å². The van der Waals surface area contributed by atoms with Crippen LogP contribution in [0.3, 0.4) is 0 Å². The predicted molar refractivity (Wildman–Crippen MR) is 49.6 cm³/mol. The summed E-state index contributed by atoms with van der Waals surface area (Å²) in [5, 5.41) is 0. The number of nitrogens with two attached hydrogens (primary N) is 1. The summed E-state index contributed by atoms with van der Waals surface area (Å²) in [6.07, 6.45) is 3.06. The van der Waals surface area contributed by atoms with Crippen molar-refractivity contribution in [2.24, 2.45) is 0 Å². The summed E-state index contributed by atoms with van der Waals surface area (Å²) in [6.45, 7) is 2.80. The van der Waals surface area contributed by atoms with Crippen LogP contribution in [0, 0.1) is 0 Å². The maximum absolute atomic E-state index is 5.61. The predicted octanol–water partition coefficient (Wildman–Crippen LogP) is -0.0281. The molecule has 68 valence electrons. The molecule has 0 saturated carbocycles. The number of hydrogen-bond acceptors (Lipinski definition) is 5. The molecule has 0 atom stereocenters. The van der Waals surface area contributed by atoms with Crippen LogP contribution in [0.2, 0.25) is 0 Å². The Morgan fingerprint density at radius 1 is 1.46 bits per heavy atom. The van der Waals surface area contributed by atoms with E-state index in [0.717, 1.165) is 6.54 Å². The third-order valence-electron chi connectivity index (χ3n) is 1.69. The van der Waals surface area contributed by atoms with Crippen molar-refractivity contribution in [1.29, 1.82) is 0 Å². The zero-order valence-electron chi connectivity index (χ0n) is 7.23. The second-order valence-corrected chi connectivity index (χ2v) is 2.56. The van der Waals surface area contributed by atoms with E-state index in [-0.39, 0.29) is 0 Å². The van der Waals surface area contributed by atoms with Gasteiger partial charge in [-0.15, -0.1) is 0 Å². The van der Waals surface area contributed by atoms with Crippen molar-refractivity contribution in [1.82, 2.24) is 19.6 Å². The van der Waals surface area contributed by atoms with E-state index in [0.29, 0.717) is 17.0 Å². The Bertz CT molecular complexity index is 420. The van der Waals surface area contributed by atoms with Gasteiger partial charge in [-0.3, -0.25) is 0 Å². The highest BCUT2D eigenvalue weighted by molar-refractivity contribution is 5.81. The van der Waals surface area contributed by atoms with E-state index < -0.39 is 0 Å². The van der Waals surface area contributed by atoms with Crippen molar-refractivity contribution in [2.45, 2.75) is 6.92 Å². The number of fused-ring (bicyclic) bond motifs is 1. The smallest absolute Gasteiger partial charge is 0.184 e. The maximum atomic E-state index is 5.61. The lowest BCUT2D eigenvalue weighted by molar-refractivity contribution is 0.875. The molecule has 2 aromatic heterocycles. The van der Waals surface area contributed by atoms with E-state index in [9.17, 15) is 0 Å². The van der Waals surface area contributed by atoms with Crippen LogP contribution in [0.5, 0.6) is 0 Å². The highest BCUT2D eigenvalue weighted by Crippen LogP contribution is 2.12. The zero-order chi connectivity index (χ0) is 9.26. The van der Waals surface area contributed by atoms with Crippen LogP contribution in [0.1, 0.15) is 6.92 Å². The number of hydrogen-bond donors (Lipinski definition) is 2. The quantitative estimate of drug-likeness (QED) is 0.675. The van der Waals surface area contributed by atoms with Crippen molar-refractivity contribution >= 4 is 17.0 Å². The fourth-order valence-electron chi connectivity index (χ4n) is 1.14. The largest absolute Gasteiger partial charge is 0.382 e. The van der Waals surface area contributed by atoms with Gasteiger partial charge in [0.15, 0.2) is 17.0 Å². The number of nitrogen functional groups attached to an aromatic ring is 1. The molecule has 2 heterocycles. The lowest BCUT2D eigenvalue weighted by Gasteiger charge is -2.02. The van der Waals surface area contributed by atoms with Gasteiger partial charge in [0.25, 0.3) is 0 Å². The van der Waals surface area contributed by atoms with Crippen molar-refractivity contribution in [3.05, 3.63) is 12.7 Å². The lowest BCUT2D eigenvalue weighted by atomic mass is 10.5. The molecular formula is C7H10N6. The molecule has 0 spiro atoms. The second kappa shape index (κ2) is 2.89. The number of aromatic nitrogens is 4. The van der Waals surface area contributed by atoms with E-state index in [1.54, 1.807) is 11.0 Å². The second-order valence-electron chi connectivity index (χ2n) is 2.56. The number of imidazole rings is 1. The fourth-order valence-corrected chi connectivity index (χ4v) is 1.14. The zero-order valence-corrected chi connectivity index (χ0v) is 7.23. The van der Waals surface area contributed by atoms with E-state index in [2.05, 4.69) is 20.4 Å². The average Bonchev–Trinajstić information content (AvgIpc) is 2.51. The molecule has 13 heavy (non-hydrogen) atoms. The first kappa shape index (κ1) is 7.78. The first-order valence-corrected chi connectivity index (χ1v) is 4.00. The summed E-state index contributed by atoms with van der Waals surface area (Å²) in [4.78, 5) is 12.0. The Labute approximate surface area is 74.8 Å². The van der Waals surface area contributed by atoms with E-state index in [1.807, 2.05) is 6.92 Å².